The Morgan fingerprint density at radius 1 is 1.60 bits per heavy atom. The number of morpholine rings is 1. The maximum absolute atomic E-state index is 14.0. The Morgan fingerprint density at radius 3 is 3.05 bits per heavy atom. The van der Waals surface area contributed by atoms with E-state index in [-0.39, 0.29) is 17.8 Å². The molecule has 0 bridgehead atoms. The van der Waals surface area contributed by atoms with Gasteiger partial charge >= 0.3 is 0 Å². The molecule has 110 valence electrons. The van der Waals surface area contributed by atoms with Gasteiger partial charge in [0, 0.05) is 30.8 Å². The van der Waals surface area contributed by atoms with Crippen LogP contribution in [0.5, 0.6) is 0 Å². The minimum absolute atomic E-state index is 0.0899. The van der Waals surface area contributed by atoms with E-state index >= 15 is 0 Å². The highest BCUT2D eigenvalue weighted by atomic mass is 19.1. The number of hydrogen-bond acceptors (Lipinski definition) is 4. The van der Waals surface area contributed by atoms with E-state index in [2.05, 4.69) is 17.0 Å². The quantitative estimate of drug-likeness (QED) is 0.380. The second-order valence-corrected chi connectivity index (χ2v) is 4.93. The molecule has 1 aromatic carbocycles. The van der Waals surface area contributed by atoms with Crippen molar-refractivity contribution >= 4 is 5.84 Å². The number of ether oxygens (including phenoxy) is 1. The molecule has 0 aliphatic carbocycles. The molecular formula is C14H20FN3O2. The van der Waals surface area contributed by atoms with Gasteiger partial charge in [-0.3, -0.25) is 4.90 Å². The number of nitrogens with zero attached hydrogens (tertiary/aromatic N) is 2. The molecule has 0 aromatic heterocycles. The molecule has 0 saturated carbocycles. The van der Waals surface area contributed by atoms with Gasteiger partial charge in [0.15, 0.2) is 5.84 Å². The summed E-state index contributed by atoms with van der Waals surface area (Å²) >= 11 is 0. The number of halogens is 1. The summed E-state index contributed by atoms with van der Waals surface area (Å²) in [6.07, 6.45) is 1.18. The number of oxime groups is 1. The Kier molecular flexibility index (Phi) is 4.92. The molecular weight excluding hydrogens is 261 g/mol. The van der Waals surface area contributed by atoms with E-state index in [1.807, 2.05) is 0 Å². The van der Waals surface area contributed by atoms with Crippen LogP contribution < -0.4 is 5.73 Å². The fourth-order valence-corrected chi connectivity index (χ4v) is 2.30. The molecule has 1 heterocycles. The van der Waals surface area contributed by atoms with Crippen molar-refractivity contribution in [1.29, 1.82) is 0 Å². The van der Waals surface area contributed by atoms with Crippen molar-refractivity contribution in [3.63, 3.8) is 0 Å². The summed E-state index contributed by atoms with van der Waals surface area (Å²) in [6.45, 7) is 4.93. The molecule has 5 nitrogen and oxygen atoms in total. The van der Waals surface area contributed by atoms with Crippen LogP contribution in [-0.4, -0.2) is 41.7 Å². The van der Waals surface area contributed by atoms with Gasteiger partial charge in [0.25, 0.3) is 0 Å². The van der Waals surface area contributed by atoms with Crippen molar-refractivity contribution in [2.45, 2.75) is 26.0 Å². The van der Waals surface area contributed by atoms with E-state index in [0.29, 0.717) is 24.3 Å². The van der Waals surface area contributed by atoms with Crippen LogP contribution in [0.15, 0.2) is 23.4 Å². The first-order valence-electron chi connectivity index (χ1n) is 6.74. The Hall–Kier alpha value is -1.66. The molecule has 0 spiro atoms. The number of benzene rings is 1. The van der Waals surface area contributed by atoms with Crippen molar-refractivity contribution in [1.82, 2.24) is 4.90 Å². The Morgan fingerprint density at radius 2 is 2.40 bits per heavy atom. The fourth-order valence-electron chi connectivity index (χ4n) is 2.30. The number of rotatable bonds is 4. The molecule has 1 aliphatic rings. The van der Waals surface area contributed by atoms with Crippen molar-refractivity contribution in [3.05, 3.63) is 35.1 Å². The molecule has 1 fully saturated rings. The third-order valence-corrected chi connectivity index (χ3v) is 3.53. The maximum atomic E-state index is 14.0. The minimum atomic E-state index is -0.339. The smallest absolute Gasteiger partial charge is 0.170 e. The summed E-state index contributed by atoms with van der Waals surface area (Å²) in [5.41, 5.74) is 6.42. The number of nitrogens with two attached hydrogens (primary N) is 1. The summed E-state index contributed by atoms with van der Waals surface area (Å²) < 4.78 is 19.6. The van der Waals surface area contributed by atoms with E-state index in [1.165, 1.54) is 6.07 Å². The summed E-state index contributed by atoms with van der Waals surface area (Å²) in [4.78, 5) is 2.18. The first-order chi connectivity index (χ1) is 9.63. The van der Waals surface area contributed by atoms with Crippen LogP contribution in [0.25, 0.3) is 0 Å². The van der Waals surface area contributed by atoms with Crippen molar-refractivity contribution in [3.8, 4) is 0 Å². The van der Waals surface area contributed by atoms with Gasteiger partial charge in [0.05, 0.1) is 12.7 Å². The van der Waals surface area contributed by atoms with E-state index in [4.69, 9.17) is 15.7 Å². The lowest BCUT2D eigenvalue weighted by Crippen LogP contribution is -2.41. The van der Waals surface area contributed by atoms with Crippen molar-refractivity contribution in [2.75, 3.05) is 19.7 Å². The van der Waals surface area contributed by atoms with Gasteiger partial charge in [-0.2, -0.15) is 0 Å². The Labute approximate surface area is 117 Å². The molecule has 6 heteroatoms. The fraction of sp³-hybridized carbons (Fsp3) is 0.500. The van der Waals surface area contributed by atoms with Gasteiger partial charge in [-0.15, -0.1) is 0 Å². The van der Waals surface area contributed by atoms with Crippen LogP contribution in [0, 0.1) is 5.82 Å². The predicted molar refractivity (Wildman–Crippen MR) is 74.2 cm³/mol. The standard InChI is InChI=1S/C14H20FN3O2/c1-2-12-9-18(5-6-20-12)8-11-4-3-10(7-13(11)15)14(16)17-19/h3-4,7,12,19H,2,5-6,8-9H2,1H3,(H2,16,17). The minimum Gasteiger partial charge on any atom is -0.409 e. The van der Waals surface area contributed by atoms with Gasteiger partial charge in [0.2, 0.25) is 0 Å². The molecule has 1 atom stereocenters. The van der Waals surface area contributed by atoms with E-state index in [0.717, 1.165) is 19.5 Å². The Balaban J connectivity index is 2.06. The second kappa shape index (κ2) is 6.67. The van der Waals surface area contributed by atoms with Gasteiger partial charge in [0.1, 0.15) is 5.82 Å². The summed E-state index contributed by atoms with van der Waals surface area (Å²) in [5.74, 6) is -0.429. The van der Waals surface area contributed by atoms with Crippen LogP contribution >= 0.6 is 0 Å². The van der Waals surface area contributed by atoms with Crippen LogP contribution in [0.3, 0.4) is 0 Å². The molecule has 3 N–H and O–H groups in total. The van der Waals surface area contributed by atoms with Gasteiger partial charge in [-0.1, -0.05) is 24.2 Å². The lowest BCUT2D eigenvalue weighted by atomic mass is 10.1. The summed E-state index contributed by atoms with van der Waals surface area (Å²) in [5, 5.41) is 11.5. The highest BCUT2D eigenvalue weighted by Crippen LogP contribution is 2.16. The molecule has 1 aliphatic heterocycles. The first-order valence-corrected chi connectivity index (χ1v) is 6.74. The molecule has 1 saturated heterocycles. The second-order valence-electron chi connectivity index (χ2n) is 4.93. The summed E-state index contributed by atoms with van der Waals surface area (Å²) in [7, 11) is 0. The zero-order valence-electron chi connectivity index (χ0n) is 11.6. The maximum Gasteiger partial charge on any atom is 0.170 e. The number of amidine groups is 1. The van der Waals surface area contributed by atoms with Crippen LogP contribution in [0.1, 0.15) is 24.5 Å². The largest absolute Gasteiger partial charge is 0.409 e. The van der Waals surface area contributed by atoms with Gasteiger partial charge < -0.3 is 15.7 Å². The molecule has 0 amide bonds. The molecule has 0 radical (unpaired) electrons. The van der Waals surface area contributed by atoms with E-state index < -0.39 is 0 Å². The monoisotopic (exact) mass is 281 g/mol. The van der Waals surface area contributed by atoms with Crippen LogP contribution in [-0.2, 0) is 11.3 Å². The lowest BCUT2D eigenvalue weighted by Gasteiger charge is -2.32. The predicted octanol–water partition coefficient (Wildman–Crippen LogP) is 1.53. The summed E-state index contributed by atoms with van der Waals surface area (Å²) in [6, 6.07) is 4.63. The van der Waals surface area contributed by atoms with Crippen LogP contribution in [0.2, 0.25) is 0 Å². The van der Waals surface area contributed by atoms with Gasteiger partial charge in [-0.25, -0.2) is 4.39 Å². The zero-order chi connectivity index (χ0) is 14.5. The van der Waals surface area contributed by atoms with Crippen molar-refractivity contribution < 1.29 is 14.3 Å². The average Bonchev–Trinajstić information content (AvgIpc) is 2.48. The van der Waals surface area contributed by atoms with Crippen molar-refractivity contribution in [2.24, 2.45) is 10.9 Å². The molecule has 1 aromatic rings. The Bertz CT molecular complexity index is 493. The van der Waals surface area contributed by atoms with Gasteiger partial charge in [-0.05, 0) is 12.5 Å². The molecule has 2 rings (SSSR count). The highest BCUT2D eigenvalue weighted by molar-refractivity contribution is 5.97. The van der Waals surface area contributed by atoms with E-state index in [9.17, 15) is 4.39 Å². The van der Waals surface area contributed by atoms with E-state index in [1.54, 1.807) is 12.1 Å². The molecule has 1 unspecified atom stereocenters. The SMILES string of the molecule is CCC1CN(Cc2ccc(/C(N)=N/O)cc2F)CCO1. The zero-order valence-corrected chi connectivity index (χ0v) is 11.6. The normalized spacial score (nSPS) is 21.1. The third kappa shape index (κ3) is 3.46. The topological polar surface area (TPSA) is 71.1 Å². The number of hydrogen-bond donors (Lipinski definition) is 2. The lowest BCUT2D eigenvalue weighted by molar-refractivity contribution is -0.0327. The molecule has 20 heavy (non-hydrogen) atoms. The average molecular weight is 281 g/mol. The van der Waals surface area contributed by atoms with Crippen LogP contribution in [0.4, 0.5) is 4.39 Å². The highest BCUT2D eigenvalue weighted by Gasteiger charge is 2.20. The third-order valence-electron chi connectivity index (χ3n) is 3.53. The first kappa shape index (κ1) is 14.7.